The molecule has 0 aliphatic carbocycles. The van der Waals surface area contributed by atoms with Crippen molar-refractivity contribution in [2.45, 2.75) is 120 Å². The Balaban J connectivity index is 1.99. The highest BCUT2D eigenvalue weighted by Gasteiger charge is 2.35. The lowest BCUT2D eigenvalue weighted by atomic mass is 9.86. The van der Waals surface area contributed by atoms with E-state index in [2.05, 4.69) is 52.0 Å². The summed E-state index contributed by atoms with van der Waals surface area (Å²) in [6.07, 6.45) is 15.1. The summed E-state index contributed by atoms with van der Waals surface area (Å²) in [4.78, 5) is 26.3. The maximum absolute atomic E-state index is 13.5. The summed E-state index contributed by atoms with van der Waals surface area (Å²) in [5.74, 6) is -1.59. The van der Waals surface area contributed by atoms with Crippen LogP contribution >= 0.6 is 0 Å². The number of carboxylic acids is 2. The van der Waals surface area contributed by atoms with Crippen LogP contribution in [0.2, 0.25) is 0 Å². The summed E-state index contributed by atoms with van der Waals surface area (Å²) in [7, 11) is 0. The van der Waals surface area contributed by atoms with Crippen molar-refractivity contribution in [3.05, 3.63) is 43.9 Å². The Kier molecular flexibility index (Phi) is 11.9. The zero-order chi connectivity index (χ0) is 30.5. The molecule has 6 nitrogen and oxygen atoms in total. The minimum Gasteiger partial charge on any atom is -0.607 e. The zero-order valence-electron chi connectivity index (χ0n) is 25.7. The molecule has 0 amide bonds. The van der Waals surface area contributed by atoms with Crippen LogP contribution < -0.4 is 0 Å². The Hall–Kier alpha value is -1.48. The predicted octanol–water partition coefficient (Wildman–Crippen LogP) is 8.22. The molecule has 0 saturated heterocycles. The second-order valence-corrected chi connectivity index (χ2v) is 17.1. The smallest absolute Gasteiger partial charge is 0.309 e. The van der Waals surface area contributed by atoms with Crippen molar-refractivity contribution >= 4 is 34.3 Å². The van der Waals surface area contributed by atoms with Gasteiger partial charge in [-0.1, -0.05) is 40.5 Å². The first kappa shape index (κ1) is 34.7. The Morgan fingerprint density at radius 2 is 0.900 bits per heavy atom. The van der Waals surface area contributed by atoms with Crippen LogP contribution in [0.5, 0.6) is 0 Å². The number of aliphatic carboxylic acids is 2. The molecule has 2 heterocycles. The molecule has 0 radical (unpaired) electrons. The van der Waals surface area contributed by atoms with Crippen LogP contribution in [-0.2, 0) is 31.9 Å². The highest BCUT2D eigenvalue weighted by atomic mass is 32.2. The molecule has 2 atom stereocenters. The average molecular weight is 595 g/mol. The molecule has 226 valence electrons. The van der Waals surface area contributed by atoms with Gasteiger partial charge in [-0.15, -0.1) is 0 Å². The third-order valence-corrected chi connectivity index (χ3v) is 11.0. The van der Waals surface area contributed by atoms with Crippen molar-refractivity contribution in [2.24, 2.45) is 21.7 Å². The summed E-state index contributed by atoms with van der Waals surface area (Å²) < 4.78 is 27.0. The monoisotopic (exact) mass is 594 g/mol. The van der Waals surface area contributed by atoms with E-state index in [1.807, 2.05) is 0 Å². The van der Waals surface area contributed by atoms with Gasteiger partial charge in [0, 0.05) is 58.9 Å². The maximum Gasteiger partial charge on any atom is 0.309 e. The fourth-order valence-electron chi connectivity index (χ4n) is 5.15. The van der Waals surface area contributed by atoms with E-state index >= 15 is 0 Å². The van der Waals surface area contributed by atoms with Crippen molar-refractivity contribution in [1.82, 2.24) is 0 Å². The summed E-state index contributed by atoms with van der Waals surface area (Å²) in [6.45, 7) is 15.4. The van der Waals surface area contributed by atoms with Gasteiger partial charge in [0.25, 0.3) is 0 Å². The van der Waals surface area contributed by atoms with E-state index in [4.69, 9.17) is 0 Å². The third kappa shape index (κ3) is 10.1. The van der Waals surface area contributed by atoms with Crippen molar-refractivity contribution in [3.63, 3.8) is 0 Å². The van der Waals surface area contributed by atoms with Gasteiger partial charge in [0.1, 0.15) is 19.6 Å². The van der Waals surface area contributed by atoms with Gasteiger partial charge in [0.05, 0.1) is 10.8 Å². The van der Waals surface area contributed by atoms with E-state index in [0.717, 1.165) is 45.3 Å². The average Bonchev–Trinajstić information content (AvgIpc) is 2.82. The number of hydrogen-bond acceptors (Lipinski definition) is 4. The van der Waals surface area contributed by atoms with Gasteiger partial charge in [-0.25, -0.2) is 0 Å². The molecule has 0 aromatic heterocycles. The van der Waals surface area contributed by atoms with Gasteiger partial charge in [-0.3, -0.25) is 9.59 Å². The first-order valence-electron chi connectivity index (χ1n) is 14.4. The molecule has 0 aromatic rings. The molecule has 0 aromatic carbocycles. The molecule has 0 saturated carbocycles. The molecular weight excluding hydrogens is 544 g/mol. The van der Waals surface area contributed by atoms with Gasteiger partial charge in [-0.2, -0.15) is 0 Å². The summed E-state index contributed by atoms with van der Waals surface area (Å²) in [6, 6.07) is 0. The first-order valence-corrected chi connectivity index (χ1v) is 16.7. The molecular formula is C32H50O6S2. The number of hydrogen-bond donors (Lipinski definition) is 2. The third-order valence-electron chi connectivity index (χ3n) is 7.81. The minimum atomic E-state index is -1.24. The second-order valence-electron chi connectivity index (χ2n) is 13.9. The fourth-order valence-corrected chi connectivity index (χ4v) is 8.70. The van der Waals surface area contributed by atoms with E-state index in [0.29, 0.717) is 38.5 Å². The van der Waals surface area contributed by atoms with Crippen molar-refractivity contribution in [3.8, 4) is 0 Å². The van der Waals surface area contributed by atoms with E-state index in [1.165, 1.54) is 0 Å². The van der Waals surface area contributed by atoms with E-state index < -0.39 is 45.1 Å². The highest BCUT2D eigenvalue weighted by molar-refractivity contribution is 7.99. The maximum atomic E-state index is 13.5. The Labute approximate surface area is 247 Å². The molecule has 0 bridgehead atoms. The summed E-state index contributed by atoms with van der Waals surface area (Å²) in [5, 5.41) is 18.7. The SMILES string of the molecule is CC1(C)C=C(CCCCC(C)(C)C(=O)O)[S+]([O-])C(CCC2=CC(C)(C)C=C(CCCCC(C)(C)C(=O)O)[S+]2[O-])=C1. The summed E-state index contributed by atoms with van der Waals surface area (Å²) >= 11 is -2.48. The molecule has 2 unspecified atom stereocenters. The normalized spacial score (nSPS) is 22.6. The van der Waals surface area contributed by atoms with Crippen LogP contribution in [-0.4, -0.2) is 31.3 Å². The molecule has 40 heavy (non-hydrogen) atoms. The molecule has 2 aliphatic rings. The molecule has 0 fully saturated rings. The van der Waals surface area contributed by atoms with E-state index in [1.54, 1.807) is 27.7 Å². The highest BCUT2D eigenvalue weighted by Crippen LogP contribution is 2.42. The molecule has 2 aliphatic heterocycles. The fraction of sp³-hybridized carbons (Fsp3) is 0.688. The van der Waals surface area contributed by atoms with E-state index in [-0.39, 0.29) is 10.8 Å². The van der Waals surface area contributed by atoms with Crippen LogP contribution in [0.3, 0.4) is 0 Å². The van der Waals surface area contributed by atoms with Gasteiger partial charge in [0.15, 0.2) is 0 Å². The van der Waals surface area contributed by atoms with Crippen molar-refractivity contribution in [1.29, 1.82) is 0 Å². The lowest BCUT2D eigenvalue weighted by Crippen LogP contribution is -2.24. The van der Waals surface area contributed by atoms with Crippen LogP contribution in [0.4, 0.5) is 0 Å². The zero-order valence-corrected chi connectivity index (χ0v) is 27.4. The lowest BCUT2D eigenvalue weighted by Gasteiger charge is -2.29. The second kappa shape index (κ2) is 13.7. The topological polar surface area (TPSA) is 121 Å². The molecule has 8 heteroatoms. The van der Waals surface area contributed by atoms with Gasteiger partial charge < -0.3 is 19.3 Å². The number of unbranched alkanes of at least 4 members (excludes halogenated alkanes) is 2. The standard InChI is InChI=1S/C32H50O6S2/c1-29(2)19-23(13-9-11-17-31(5,6)27(33)34)39(37)25(21-29)15-16-26-22-30(3,4)20-24(40(26)38)14-10-12-18-32(7,8)28(35)36/h19-22H,9-18H2,1-8H3,(H,33,34)(H,35,36). The van der Waals surface area contributed by atoms with Gasteiger partial charge in [0.2, 0.25) is 0 Å². The Morgan fingerprint density at radius 3 is 1.18 bits per heavy atom. The van der Waals surface area contributed by atoms with Crippen LogP contribution in [0, 0.1) is 21.7 Å². The van der Waals surface area contributed by atoms with Crippen LogP contribution in [0.25, 0.3) is 0 Å². The molecule has 0 spiro atoms. The van der Waals surface area contributed by atoms with Gasteiger partial charge >= 0.3 is 11.9 Å². The van der Waals surface area contributed by atoms with Crippen molar-refractivity contribution in [2.75, 3.05) is 0 Å². The van der Waals surface area contributed by atoms with Crippen molar-refractivity contribution < 1.29 is 28.9 Å². The number of rotatable bonds is 15. The first-order chi connectivity index (χ1) is 18.3. The number of carbonyl (C=O) groups is 2. The Bertz CT molecular complexity index is 977. The predicted molar refractivity (Wildman–Crippen MR) is 165 cm³/mol. The number of allylic oxidation sites excluding steroid dienone is 8. The minimum absolute atomic E-state index is 0.229. The quantitative estimate of drug-likeness (QED) is 0.146. The Morgan fingerprint density at radius 1 is 0.625 bits per heavy atom. The van der Waals surface area contributed by atoms with E-state index in [9.17, 15) is 28.9 Å². The lowest BCUT2D eigenvalue weighted by molar-refractivity contribution is -0.148. The van der Waals surface area contributed by atoms with Crippen LogP contribution in [0.15, 0.2) is 43.9 Å². The van der Waals surface area contributed by atoms with Crippen LogP contribution in [0.1, 0.15) is 120 Å². The number of carboxylic acid groups (broad SMARTS) is 2. The molecule has 2 N–H and O–H groups in total. The van der Waals surface area contributed by atoms with Gasteiger partial charge in [-0.05, 0) is 77.7 Å². The largest absolute Gasteiger partial charge is 0.607 e. The molecule has 2 rings (SSSR count). The summed E-state index contributed by atoms with van der Waals surface area (Å²) in [5.41, 5.74) is -1.98.